The topological polar surface area (TPSA) is 26.8 Å². The maximum absolute atomic E-state index is 13.7. The normalized spacial score (nSPS) is 25.5. The average Bonchev–Trinajstić information content (AvgIpc) is 2.93. The monoisotopic (exact) mass is 347 g/mol. The molecule has 25 heavy (non-hydrogen) atoms. The highest BCUT2D eigenvalue weighted by Crippen LogP contribution is 2.22. The summed E-state index contributed by atoms with van der Waals surface area (Å²) in [6.07, 6.45) is 2.77. The van der Waals surface area contributed by atoms with Crippen LogP contribution in [-0.2, 0) is 11.2 Å². The van der Waals surface area contributed by atoms with E-state index in [2.05, 4.69) is 23.6 Å². The van der Waals surface area contributed by atoms with Gasteiger partial charge in [0.2, 0.25) is 5.91 Å². The summed E-state index contributed by atoms with van der Waals surface area (Å²) in [7, 11) is 0. The molecule has 1 aromatic carbocycles. The van der Waals surface area contributed by atoms with Crippen LogP contribution in [0, 0.1) is 5.82 Å². The van der Waals surface area contributed by atoms with Crippen LogP contribution in [0.1, 0.15) is 32.3 Å². The van der Waals surface area contributed by atoms with Crippen LogP contribution in [0.15, 0.2) is 24.3 Å². The molecular formula is C20H30FN3O. The SMILES string of the molecule is C[C@@H]1CC[C@H](C)N1CCN1CCN(C(=O)Cc2ccccc2F)CC1. The van der Waals surface area contributed by atoms with Crippen molar-refractivity contribution in [3.63, 3.8) is 0 Å². The lowest BCUT2D eigenvalue weighted by Crippen LogP contribution is -2.51. The third-order valence-electron chi connectivity index (χ3n) is 5.83. The van der Waals surface area contributed by atoms with E-state index in [-0.39, 0.29) is 18.1 Å². The molecule has 138 valence electrons. The zero-order valence-corrected chi connectivity index (χ0v) is 15.5. The predicted molar refractivity (Wildman–Crippen MR) is 98.0 cm³/mol. The molecule has 0 N–H and O–H groups in total. The summed E-state index contributed by atoms with van der Waals surface area (Å²) in [4.78, 5) is 19.3. The highest BCUT2D eigenvalue weighted by Gasteiger charge is 2.28. The first kappa shape index (κ1) is 18.3. The molecule has 2 saturated heterocycles. The number of halogens is 1. The number of amides is 1. The Morgan fingerprint density at radius 2 is 1.68 bits per heavy atom. The summed E-state index contributed by atoms with van der Waals surface area (Å²) in [5.74, 6) is -0.255. The molecule has 0 bridgehead atoms. The summed E-state index contributed by atoms with van der Waals surface area (Å²) in [6, 6.07) is 7.94. The molecule has 3 rings (SSSR count). The third kappa shape index (κ3) is 4.59. The van der Waals surface area contributed by atoms with E-state index in [1.165, 1.54) is 18.9 Å². The summed E-state index contributed by atoms with van der Waals surface area (Å²) in [5.41, 5.74) is 0.493. The smallest absolute Gasteiger partial charge is 0.227 e. The Bertz CT molecular complexity index is 576. The number of carbonyl (C=O) groups excluding carboxylic acids is 1. The molecule has 0 radical (unpaired) electrons. The molecule has 2 aliphatic heterocycles. The minimum atomic E-state index is -0.289. The molecule has 2 aliphatic rings. The Morgan fingerprint density at radius 1 is 1.04 bits per heavy atom. The van der Waals surface area contributed by atoms with Crippen molar-refractivity contribution >= 4 is 5.91 Å². The first-order valence-corrected chi connectivity index (χ1v) is 9.54. The van der Waals surface area contributed by atoms with Crippen molar-refractivity contribution in [2.45, 2.75) is 45.2 Å². The zero-order valence-electron chi connectivity index (χ0n) is 15.5. The lowest BCUT2D eigenvalue weighted by atomic mass is 10.1. The summed E-state index contributed by atoms with van der Waals surface area (Å²) in [6.45, 7) is 10.2. The highest BCUT2D eigenvalue weighted by molar-refractivity contribution is 5.79. The number of benzene rings is 1. The van der Waals surface area contributed by atoms with Crippen LogP contribution < -0.4 is 0 Å². The quantitative estimate of drug-likeness (QED) is 0.818. The van der Waals surface area contributed by atoms with E-state index in [9.17, 15) is 9.18 Å². The second-order valence-electron chi connectivity index (χ2n) is 7.50. The van der Waals surface area contributed by atoms with Gasteiger partial charge in [-0.15, -0.1) is 0 Å². The lowest BCUT2D eigenvalue weighted by Gasteiger charge is -2.36. The second-order valence-corrected chi connectivity index (χ2v) is 7.50. The van der Waals surface area contributed by atoms with Gasteiger partial charge in [-0.3, -0.25) is 14.6 Å². The number of piperazine rings is 1. The van der Waals surface area contributed by atoms with Crippen molar-refractivity contribution in [1.82, 2.24) is 14.7 Å². The van der Waals surface area contributed by atoms with E-state index in [0.29, 0.717) is 17.6 Å². The fourth-order valence-electron chi connectivity index (χ4n) is 4.08. The first-order chi connectivity index (χ1) is 12.0. The van der Waals surface area contributed by atoms with E-state index >= 15 is 0 Å². The largest absolute Gasteiger partial charge is 0.340 e. The van der Waals surface area contributed by atoms with Crippen molar-refractivity contribution in [3.05, 3.63) is 35.6 Å². The fraction of sp³-hybridized carbons (Fsp3) is 0.650. The van der Waals surface area contributed by atoms with Crippen LogP contribution in [0.4, 0.5) is 4.39 Å². The van der Waals surface area contributed by atoms with Crippen molar-refractivity contribution in [2.75, 3.05) is 39.3 Å². The van der Waals surface area contributed by atoms with Gasteiger partial charge in [0.1, 0.15) is 5.82 Å². The molecule has 0 spiro atoms. The molecule has 2 atom stereocenters. The first-order valence-electron chi connectivity index (χ1n) is 9.54. The van der Waals surface area contributed by atoms with Crippen molar-refractivity contribution in [3.8, 4) is 0 Å². The van der Waals surface area contributed by atoms with Crippen LogP contribution in [0.3, 0.4) is 0 Å². The van der Waals surface area contributed by atoms with Gasteiger partial charge in [-0.05, 0) is 38.3 Å². The van der Waals surface area contributed by atoms with Gasteiger partial charge < -0.3 is 4.90 Å². The molecule has 1 aromatic rings. The van der Waals surface area contributed by atoms with Crippen molar-refractivity contribution in [1.29, 1.82) is 0 Å². The second kappa shape index (κ2) is 8.28. The van der Waals surface area contributed by atoms with Gasteiger partial charge in [-0.1, -0.05) is 18.2 Å². The predicted octanol–water partition coefficient (Wildman–Crippen LogP) is 2.39. The van der Waals surface area contributed by atoms with Crippen molar-refractivity contribution in [2.24, 2.45) is 0 Å². The van der Waals surface area contributed by atoms with Gasteiger partial charge in [0, 0.05) is 51.4 Å². The maximum atomic E-state index is 13.7. The lowest BCUT2D eigenvalue weighted by molar-refractivity contribution is -0.132. The standard InChI is InChI=1S/C20H30FN3O/c1-16-7-8-17(2)24(16)14-11-22-9-12-23(13-10-22)20(25)15-18-5-3-4-6-19(18)21/h3-6,16-17H,7-15H2,1-2H3/t16-,17+. The van der Waals surface area contributed by atoms with E-state index in [4.69, 9.17) is 0 Å². The summed E-state index contributed by atoms with van der Waals surface area (Å²) >= 11 is 0. The average molecular weight is 347 g/mol. The molecule has 0 saturated carbocycles. The molecule has 1 amide bonds. The zero-order chi connectivity index (χ0) is 17.8. The summed E-state index contributed by atoms with van der Waals surface area (Å²) < 4.78 is 13.7. The van der Waals surface area contributed by atoms with Crippen LogP contribution >= 0.6 is 0 Å². The number of hydrogen-bond acceptors (Lipinski definition) is 3. The Kier molecular flexibility index (Phi) is 6.07. The van der Waals surface area contributed by atoms with Gasteiger partial charge >= 0.3 is 0 Å². The molecule has 0 unspecified atom stereocenters. The van der Waals surface area contributed by atoms with Gasteiger partial charge in [0.25, 0.3) is 0 Å². The van der Waals surface area contributed by atoms with Gasteiger partial charge in [-0.2, -0.15) is 0 Å². The molecule has 0 aromatic heterocycles. The number of rotatable bonds is 5. The minimum Gasteiger partial charge on any atom is -0.340 e. The van der Waals surface area contributed by atoms with Crippen LogP contribution in [0.5, 0.6) is 0 Å². The number of likely N-dealkylation sites (tertiary alicyclic amines) is 1. The van der Waals surface area contributed by atoms with E-state index in [1.54, 1.807) is 18.2 Å². The van der Waals surface area contributed by atoms with Crippen molar-refractivity contribution < 1.29 is 9.18 Å². The molecule has 4 nitrogen and oxygen atoms in total. The summed E-state index contributed by atoms with van der Waals surface area (Å²) in [5, 5.41) is 0. The van der Waals surface area contributed by atoms with Crippen LogP contribution in [-0.4, -0.2) is 72.0 Å². The molecule has 2 fully saturated rings. The molecule has 2 heterocycles. The molecule has 0 aliphatic carbocycles. The van der Waals surface area contributed by atoms with E-state index in [1.807, 2.05) is 4.90 Å². The van der Waals surface area contributed by atoms with Gasteiger partial charge in [-0.25, -0.2) is 4.39 Å². The Labute approximate surface area is 150 Å². The van der Waals surface area contributed by atoms with E-state index in [0.717, 1.165) is 39.3 Å². The Morgan fingerprint density at radius 3 is 2.32 bits per heavy atom. The fourth-order valence-corrected chi connectivity index (χ4v) is 4.08. The number of nitrogens with zero attached hydrogens (tertiary/aromatic N) is 3. The van der Waals surface area contributed by atoms with Gasteiger partial charge in [0.05, 0.1) is 6.42 Å². The highest BCUT2D eigenvalue weighted by atomic mass is 19.1. The number of hydrogen-bond donors (Lipinski definition) is 0. The number of carbonyl (C=O) groups is 1. The van der Waals surface area contributed by atoms with E-state index < -0.39 is 0 Å². The van der Waals surface area contributed by atoms with Gasteiger partial charge in [0.15, 0.2) is 0 Å². The third-order valence-corrected chi connectivity index (χ3v) is 5.83. The molecular weight excluding hydrogens is 317 g/mol. The molecule has 5 heteroatoms. The Balaban J connectivity index is 1.42. The maximum Gasteiger partial charge on any atom is 0.227 e. The van der Waals surface area contributed by atoms with Crippen LogP contribution in [0.25, 0.3) is 0 Å². The van der Waals surface area contributed by atoms with Crippen LogP contribution in [0.2, 0.25) is 0 Å². The minimum absolute atomic E-state index is 0.0338. The Hall–Kier alpha value is -1.46.